The first-order valence-electron chi connectivity index (χ1n) is 11.4. The van der Waals surface area contributed by atoms with Crippen LogP contribution in [0.1, 0.15) is 56.4 Å². The van der Waals surface area contributed by atoms with Crippen LogP contribution in [-0.2, 0) is 27.1 Å². The number of cyclic esters (lactones) is 1. The molecule has 1 atom stereocenters. The van der Waals surface area contributed by atoms with E-state index in [1.165, 1.54) is 12.1 Å². The minimum absolute atomic E-state index is 0.0193. The van der Waals surface area contributed by atoms with Crippen LogP contribution < -0.4 is 4.74 Å². The van der Waals surface area contributed by atoms with Crippen LogP contribution in [0.25, 0.3) is 11.6 Å². The Morgan fingerprint density at radius 2 is 1.79 bits per heavy atom. The van der Waals surface area contributed by atoms with Crippen molar-refractivity contribution in [1.82, 2.24) is 0 Å². The van der Waals surface area contributed by atoms with Crippen molar-refractivity contribution in [2.24, 2.45) is 0 Å². The van der Waals surface area contributed by atoms with E-state index in [0.29, 0.717) is 23.3 Å². The quantitative estimate of drug-likeness (QED) is 0.441. The van der Waals surface area contributed by atoms with Crippen molar-refractivity contribution in [3.8, 4) is 17.2 Å². The molecule has 0 unspecified atom stereocenters. The first kappa shape index (κ1) is 22.3. The van der Waals surface area contributed by atoms with E-state index in [-0.39, 0.29) is 51.5 Å². The van der Waals surface area contributed by atoms with E-state index in [1.807, 2.05) is 27.7 Å². The third-order valence-electron chi connectivity index (χ3n) is 6.68. The summed E-state index contributed by atoms with van der Waals surface area (Å²) in [5.41, 5.74) is 1.76. The number of aliphatic hydroxyl groups is 1. The summed E-state index contributed by atoms with van der Waals surface area (Å²) in [5, 5.41) is 31.7. The first-order chi connectivity index (χ1) is 15.9. The van der Waals surface area contributed by atoms with Crippen LogP contribution in [0.3, 0.4) is 0 Å². The molecule has 2 aromatic rings. The zero-order valence-corrected chi connectivity index (χ0v) is 19.6. The van der Waals surface area contributed by atoms with Gasteiger partial charge in [0.15, 0.2) is 11.5 Å². The normalized spacial score (nSPS) is 23.5. The summed E-state index contributed by atoms with van der Waals surface area (Å²) >= 11 is 0. The summed E-state index contributed by atoms with van der Waals surface area (Å²) in [6.45, 7) is 7.94. The molecule has 0 spiro atoms. The van der Waals surface area contributed by atoms with Gasteiger partial charge in [-0.25, -0.2) is 4.79 Å². The van der Waals surface area contributed by atoms with Gasteiger partial charge in [0.05, 0.1) is 11.7 Å². The molecule has 1 saturated heterocycles. The molecule has 34 heavy (non-hydrogen) atoms. The van der Waals surface area contributed by atoms with E-state index in [2.05, 4.69) is 0 Å². The SMILES string of the molecule is CC1(C)CCc2cc(C3=C(O)C(=Cc4ccc(O)c(C[C@H]5OC5(C)C)c4)OC3=O)c(O)cc2O1. The Bertz CT molecular complexity index is 1270. The molecule has 3 aliphatic heterocycles. The van der Waals surface area contributed by atoms with Crippen molar-refractivity contribution in [2.45, 2.75) is 64.3 Å². The Hall–Kier alpha value is -3.45. The van der Waals surface area contributed by atoms with Crippen LogP contribution in [0, 0.1) is 0 Å². The van der Waals surface area contributed by atoms with Gasteiger partial charge >= 0.3 is 5.97 Å². The average Bonchev–Trinajstić information content (AvgIpc) is 3.25. The van der Waals surface area contributed by atoms with Gasteiger partial charge in [-0.1, -0.05) is 6.07 Å². The maximum Gasteiger partial charge on any atom is 0.348 e. The second-order valence-corrected chi connectivity index (χ2v) is 10.3. The molecule has 178 valence electrons. The second kappa shape index (κ2) is 7.53. The molecule has 0 aliphatic carbocycles. The van der Waals surface area contributed by atoms with Crippen molar-refractivity contribution in [1.29, 1.82) is 0 Å². The van der Waals surface area contributed by atoms with Crippen LogP contribution in [0.4, 0.5) is 0 Å². The lowest BCUT2D eigenvalue weighted by molar-refractivity contribution is -0.131. The van der Waals surface area contributed by atoms with Crippen LogP contribution in [0.15, 0.2) is 41.9 Å². The van der Waals surface area contributed by atoms with Crippen molar-refractivity contribution in [3.63, 3.8) is 0 Å². The number of hydrogen-bond acceptors (Lipinski definition) is 7. The molecule has 3 aliphatic rings. The van der Waals surface area contributed by atoms with Crippen LogP contribution in [-0.4, -0.2) is 38.6 Å². The fourth-order valence-electron chi connectivity index (χ4n) is 4.47. The summed E-state index contributed by atoms with van der Waals surface area (Å²) in [7, 11) is 0. The summed E-state index contributed by atoms with van der Waals surface area (Å²) in [4.78, 5) is 12.7. The van der Waals surface area contributed by atoms with Crippen LogP contribution >= 0.6 is 0 Å². The molecule has 0 aromatic heterocycles. The third-order valence-corrected chi connectivity index (χ3v) is 6.68. The molecule has 0 saturated carbocycles. The van der Waals surface area contributed by atoms with E-state index in [1.54, 1.807) is 24.3 Å². The number of carbonyl (C=O) groups excluding carboxylic acids is 1. The lowest BCUT2D eigenvalue weighted by Gasteiger charge is -2.32. The number of epoxide rings is 1. The highest BCUT2D eigenvalue weighted by molar-refractivity contribution is 6.21. The Balaban J connectivity index is 1.47. The number of benzene rings is 2. The maximum atomic E-state index is 12.7. The molecule has 7 heteroatoms. The highest BCUT2D eigenvalue weighted by Gasteiger charge is 2.47. The Labute approximate surface area is 197 Å². The number of hydrogen-bond donors (Lipinski definition) is 3. The fourth-order valence-corrected chi connectivity index (χ4v) is 4.47. The third kappa shape index (κ3) is 4.01. The lowest BCUT2D eigenvalue weighted by Crippen LogP contribution is -2.32. The first-order valence-corrected chi connectivity index (χ1v) is 11.4. The van der Waals surface area contributed by atoms with Gasteiger partial charge in [-0.3, -0.25) is 0 Å². The largest absolute Gasteiger partial charge is 0.508 e. The summed E-state index contributed by atoms with van der Waals surface area (Å²) in [6.07, 6.45) is 3.61. The minimum Gasteiger partial charge on any atom is -0.508 e. The van der Waals surface area contributed by atoms with Crippen LogP contribution in [0.2, 0.25) is 0 Å². The predicted molar refractivity (Wildman–Crippen MR) is 126 cm³/mol. The van der Waals surface area contributed by atoms with Crippen LogP contribution in [0.5, 0.6) is 17.2 Å². The van der Waals surface area contributed by atoms with Gasteiger partial charge in [0, 0.05) is 18.1 Å². The second-order valence-electron chi connectivity index (χ2n) is 10.3. The Kier molecular flexibility index (Phi) is 4.95. The fraction of sp³-hybridized carbons (Fsp3) is 0.370. The summed E-state index contributed by atoms with van der Waals surface area (Å²) < 4.78 is 16.9. The average molecular weight is 465 g/mol. The van der Waals surface area contributed by atoms with Crippen molar-refractivity contribution in [2.75, 3.05) is 0 Å². The number of fused-ring (bicyclic) bond motifs is 1. The van der Waals surface area contributed by atoms with Gasteiger partial charge in [-0.05, 0) is 81.5 Å². The number of phenolic OH excluding ortho intramolecular Hbond substituents is 2. The molecule has 3 N–H and O–H groups in total. The highest BCUT2D eigenvalue weighted by Crippen LogP contribution is 2.43. The molecule has 3 heterocycles. The molecular weight excluding hydrogens is 436 g/mol. The van der Waals surface area contributed by atoms with E-state index in [9.17, 15) is 20.1 Å². The number of aryl methyl sites for hydroxylation is 1. The number of rotatable bonds is 4. The topological polar surface area (TPSA) is 109 Å². The van der Waals surface area contributed by atoms with Gasteiger partial charge in [0.1, 0.15) is 28.4 Å². The lowest BCUT2D eigenvalue weighted by atomic mass is 9.91. The predicted octanol–water partition coefficient (Wildman–Crippen LogP) is 4.79. The van der Waals surface area contributed by atoms with E-state index < -0.39 is 5.97 Å². The molecule has 0 bridgehead atoms. The minimum atomic E-state index is -0.747. The van der Waals surface area contributed by atoms with Gasteiger partial charge in [-0.2, -0.15) is 0 Å². The zero-order chi connectivity index (χ0) is 24.4. The molecule has 2 aromatic carbocycles. The molecule has 7 nitrogen and oxygen atoms in total. The number of aliphatic hydroxyl groups excluding tert-OH is 1. The highest BCUT2D eigenvalue weighted by atomic mass is 16.6. The molecule has 1 fully saturated rings. The molecule has 5 rings (SSSR count). The summed E-state index contributed by atoms with van der Waals surface area (Å²) in [6, 6.07) is 8.15. The number of carbonyl (C=O) groups is 1. The van der Waals surface area contributed by atoms with E-state index in [4.69, 9.17) is 14.2 Å². The van der Waals surface area contributed by atoms with Crippen molar-refractivity contribution < 1.29 is 34.3 Å². The number of aromatic hydroxyl groups is 2. The molecule has 0 amide bonds. The Morgan fingerprint density at radius 3 is 2.50 bits per heavy atom. The van der Waals surface area contributed by atoms with E-state index >= 15 is 0 Å². The monoisotopic (exact) mass is 464 g/mol. The smallest absolute Gasteiger partial charge is 0.348 e. The zero-order valence-electron chi connectivity index (χ0n) is 19.6. The maximum absolute atomic E-state index is 12.7. The standard InChI is InChI=1S/C27H28O7/c1-26(2)8-7-15-11-17(19(29)13-20(15)33-26)23-24(30)21(32-25(23)31)10-14-5-6-18(28)16(9-14)12-22-27(3,4)34-22/h5-6,9-11,13,22,28-30H,7-8,12H2,1-4H3/t22-/m1/s1. The number of phenols is 2. The summed E-state index contributed by atoms with van der Waals surface area (Å²) in [5.74, 6) is -0.563. The van der Waals surface area contributed by atoms with Gasteiger partial charge in [0.25, 0.3) is 0 Å². The number of ether oxygens (including phenoxy) is 3. The number of esters is 1. The molecular formula is C27H28O7. The van der Waals surface area contributed by atoms with Gasteiger partial charge in [-0.15, -0.1) is 0 Å². The Morgan fingerprint density at radius 1 is 1.06 bits per heavy atom. The van der Waals surface area contributed by atoms with E-state index in [0.717, 1.165) is 18.4 Å². The molecule has 0 radical (unpaired) electrons. The van der Waals surface area contributed by atoms with Crippen molar-refractivity contribution >= 4 is 17.6 Å². The van der Waals surface area contributed by atoms with Gasteiger partial charge in [0.2, 0.25) is 0 Å². The van der Waals surface area contributed by atoms with Gasteiger partial charge < -0.3 is 29.5 Å². The van der Waals surface area contributed by atoms with Crippen molar-refractivity contribution in [3.05, 3.63) is 64.1 Å².